The highest BCUT2D eigenvalue weighted by Crippen LogP contribution is 2.24. The number of rotatable bonds is 4. The highest BCUT2D eigenvalue weighted by Gasteiger charge is 2.12. The summed E-state index contributed by atoms with van der Waals surface area (Å²) in [5, 5.41) is 0. The predicted octanol–water partition coefficient (Wildman–Crippen LogP) is 3.97. The average Bonchev–Trinajstić information content (AvgIpc) is 2.40. The summed E-state index contributed by atoms with van der Waals surface area (Å²) in [6, 6.07) is 17.1. The summed E-state index contributed by atoms with van der Waals surface area (Å²) in [4.78, 5) is 0. The van der Waals surface area contributed by atoms with E-state index >= 15 is 0 Å². The van der Waals surface area contributed by atoms with Crippen molar-refractivity contribution >= 4 is 22.6 Å². The number of hydrogen-bond acceptors (Lipinski definition) is 2. The van der Waals surface area contributed by atoms with Crippen LogP contribution in [0.5, 0.6) is 0 Å². The quantitative estimate of drug-likeness (QED) is 0.488. The first-order chi connectivity index (χ1) is 9.11. The van der Waals surface area contributed by atoms with Crippen LogP contribution in [0.4, 0.5) is 0 Å². The largest absolute Gasteiger partial charge is 0.271 e. The minimum Gasteiger partial charge on any atom is -0.271 e. The summed E-state index contributed by atoms with van der Waals surface area (Å²) < 4.78 is 1.22. The van der Waals surface area contributed by atoms with Gasteiger partial charge in [0.05, 0.1) is 6.04 Å². The molecule has 1 unspecified atom stereocenters. The SMILES string of the molecule is CC(C)c1ccc(C(NN)c2cccc(I)c2)cc1. The molecule has 1 atom stereocenters. The number of nitrogens with two attached hydrogens (primary N) is 1. The van der Waals surface area contributed by atoms with Crippen molar-refractivity contribution in [3.8, 4) is 0 Å². The van der Waals surface area contributed by atoms with Crippen LogP contribution in [0.3, 0.4) is 0 Å². The molecule has 0 amide bonds. The maximum absolute atomic E-state index is 5.73. The third-order valence-electron chi connectivity index (χ3n) is 3.29. The molecule has 0 aliphatic rings. The molecular weight excluding hydrogens is 347 g/mol. The molecule has 2 aromatic carbocycles. The molecule has 100 valence electrons. The van der Waals surface area contributed by atoms with E-state index in [9.17, 15) is 0 Å². The minimum atomic E-state index is 0.0379. The van der Waals surface area contributed by atoms with Crippen molar-refractivity contribution in [2.24, 2.45) is 5.84 Å². The van der Waals surface area contributed by atoms with Gasteiger partial charge in [0.15, 0.2) is 0 Å². The molecule has 0 saturated carbocycles. The molecular formula is C16H19IN2. The van der Waals surface area contributed by atoms with Gasteiger partial charge in [0.1, 0.15) is 0 Å². The number of benzene rings is 2. The van der Waals surface area contributed by atoms with Crippen molar-refractivity contribution < 1.29 is 0 Å². The van der Waals surface area contributed by atoms with Crippen molar-refractivity contribution in [3.05, 3.63) is 68.8 Å². The second-order valence-electron chi connectivity index (χ2n) is 4.98. The smallest absolute Gasteiger partial charge is 0.0710 e. The number of hydrogen-bond donors (Lipinski definition) is 2. The highest BCUT2D eigenvalue weighted by atomic mass is 127. The number of hydrazine groups is 1. The molecule has 0 aromatic heterocycles. The zero-order chi connectivity index (χ0) is 13.8. The molecule has 2 aromatic rings. The topological polar surface area (TPSA) is 38.0 Å². The Morgan fingerprint density at radius 2 is 1.58 bits per heavy atom. The van der Waals surface area contributed by atoms with E-state index in [1.807, 2.05) is 0 Å². The third-order valence-corrected chi connectivity index (χ3v) is 3.96. The summed E-state index contributed by atoms with van der Waals surface area (Å²) in [6.07, 6.45) is 0. The summed E-state index contributed by atoms with van der Waals surface area (Å²) in [6.45, 7) is 4.40. The normalized spacial score (nSPS) is 12.7. The fourth-order valence-corrected chi connectivity index (χ4v) is 2.71. The van der Waals surface area contributed by atoms with E-state index in [1.165, 1.54) is 20.3 Å². The van der Waals surface area contributed by atoms with Crippen molar-refractivity contribution in [1.29, 1.82) is 0 Å². The molecule has 0 radical (unpaired) electrons. The predicted molar refractivity (Wildman–Crippen MR) is 88.9 cm³/mol. The molecule has 19 heavy (non-hydrogen) atoms. The zero-order valence-electron chi connectivity index (χ0n) is 11.2. The molecule has 0 bridgehead atoms. The van der Waals surface area contributed by atoms with Gasteiger partial charge in [-0.25, -0.2) is 5.43 Å². The van der Waals surface area contributed by atoms with Gasteiger partial charge in [-0.2, -0.15) is 0 Å². The highest BCUT2D eigenvalue weighted by molar-refractivity contribution is 14.1. The van der Waals surface area contributed by atoms with Gasteiger partial charge in [0.25, 0.3) is 0 Å². The Bertz CT molecular complexity index is 535. The lowest BCUT2D eigenvalue weighted by molar-refractivity contribution is 0.636. The molecule has 0 fully saturated rings. The molecule has 3 N–H and O–H groups in total. The van der Waals surface area contributed by atoms with Crippen molar-refractivity contribution in [2.45, 2.75) is 25.8 Å². The van der Waals surface area contributed by atoms with E-state index in [4.69, 9.17) is 5.84 Å². The van der Waals surface area contributed by atoms with Crippen LogP contribution in [0.1, 0.15) is 42.5 Å². The van der Waals surface area contributed by atoms with Crippen LogP contribution in [-0.4, -0.2) is 0 Å². The first-order valence-electron chi connectivity index (χ1n) is 6.43. The Balaban J connectivity index is 2.31. The molecule has 3 heteroatoms. The van der Waals surface area contributed by atoms with E-state index in [0.29, 0.717) is 5.92 Å². The molecule has 0 heterocycles. The van der Waals surface area contributed by atoms with E-state index in [2.05, 4.69) is 90.4 Å². The van der Waals surface area contributed by atoms with Gasteiger partial charge in [-0.05, 0) is 57.3 Å². The van der Waals surface area contributed by atoms with Crippen LogP contribution in [0.15, 0.2) is 48.5 Å². The molecule has 0 spiro atoms. The fourth-order valence-electron chi connectivity index (χ4n) is 2.14. The lowest BCUT2D eigenvalue weighted by atomic mass is 9.96. The Morgan fingerprint density at radius 1 is 0.947 bits per heavy atom. The number of nitrogens with one attached hydrogen (secondary N) is 1. The minimum absolute atomic E-state index is 0.0379. The Morgan fingerprint density at radius 3 is 2.11 bits per heavy atom. The van der Waals surface area contributed by atoms with E-state index in [-0.39, 0.29) is 6.04 Å². The summed E-state index contributed by atoms with van der Waals surface area (Å²) in [5.74, 6) is 6.28. The molecule has 0 saturated heterocycles. The Labute approximate surface area is 128 Å². The third kappa shape index (κ3) is 3.55. The van der Waals surface area contributed by atoms with Crippen LogP contribution < -0.4 is 11.3 Å². The van der Waals surface area contributed by atoms with Crippen molar-refractivity contribution in [3.63, 3.8) is 0 Å². The Kier molecular flexibility index (Phi) is 4.96. The van der Waals surface area contributed by atoms with Crippen LogP contribution in [-0.2, 0) is 0 Å². The van der Waals surface area contributed by atoms with Crippen LogP contribution in [0, 0.1) is 3.57 Å². The first kappa shape index (κ1) is 14.5. The van der Waals surface area contributed by atoms with Gasteiger partial charge in [-0.1, -0.05) is 50.2 Å². The van der Waals surface area contributed by atoms with Gasteiger partial charge in [-0.15, -0.1) is 0 Å². The van der Waals surface area contributed by atoms with E-state index < -0.39 is 0 Å². The van der Waals surface area contributed by atoms with Crippen LogP contribution in [0.2, 0.25) is 0 Å². The molecule has 0 aliphatic carbocycles. The lowest BCUT2D eigenvalue weighted by Crippen LogP contribution is -2.28. The monoisotopic (exact) mass is 366 g/mol. The van der Waals surface area contributed by atoms with Gasteiger partial charge in [-0.3, -0.25) is 5.84 Å². The van der Waals surface area contributed by atoms with Gasteiger partial charge >= 0.3 is 0 Å². The summed E-state index contributed by atoms with van der Waals surface area (Å²) in [7, 11) is 0. The van der Waals surface area contributed by atoms with E-state index in [0.717, 1.165) is 0 Å². The molecule has 2 nitrogen and oxygen atoms in total. The van der Waals surface area contributed by atoms with Gasteiger partial charge < -0.3 is 0 Å². The van der Waals surface area contributed by atoms with Crippen molar-refractivity contribution in [1.82, 2.24) is 5.43 Å². The second kappa shape index (κ2) is 6.50. The van der Waals surface area contributed by atoms with Gasteiger partial charge in [0.2, 0.25) is 0 Å². The summed E-state index contributed by atoms with van der Waals surface area (Å²) in [5.41, 5.74) is 6.63. The van der Waals surface area contributed by atoms with E-state index in [1.54, 1.807) is 0 Å². The van der Waals surface area contributed by atoms with Crippen molar-refractivity contribution in [2.75, 3.05) is 0 Å². The van der Waals surface area contributed by atoms with Crippen LogP contribution in [0.25, 0.3) is 0 Å². The lowest BCUT2D eigenvalue weighted by Gasteiger charge is -2.18. The maximum atomic E-state index is 5.73. The second-order valence-corrected chi connectivity index (χ2v) is 6.22. The number of halogens is 1. The Hall–Kier alpha value is -0.910. The molecule has 0 aliphatic heterocycles. The fraction of sp³-hybridized carbons (Fsp3) is 0.250. The van der Waals surface area contributed by atoms with Crippen LogP contribution >= 0.6 is 22.6 Å². The first-order valence-corrected chi connectivity index (χ1v) is 7.51. The maximum Gasteiger partial charge on any atom is 0.0710 e. The van der Waals surface area contributed by atoms with Gasteiger partial charge in [0, 0.05) is 3.57 Å². The zero-order valence-corrected chi connectivity index (χ0v) is 13.4. The molecule has 2 rings (SSSR count). The standard InChI is InChI=1S/C16H19IN2/c1-11(2)12-6-8-13(9-7-12)16(19-18)14-4-3-5-15(17)10-14/h3-11,16,19H,18H2,1-2H3. The summed E-state index contributed by atoms with van der Waals surface area (Å²) >= 11 is 2.32. The average molecular weight is 366 g/mol.